The predicted molar refractivity (Wildman–Crippen MR) is 132 cm³/mol. The third-order valence-corrected chi connectivity index (χ3v) is 6.15. The molecule has 0 unspecified atom stereocenters. The fraction of sp³-hybridized carbons (Fsp3) is 0.560. The van der Waals surface area contributed by atoms with Gasteiger partial charge >= 0.3 is 18.3 Å². The van der Waals surface area contributed by atoms with Crippen LogP contribution in [0.4, 0.5) is 30.1 Å². The van der Waals surface area contributed by atoms with E-state index in [2.05, 4.69) is 5.32 Å². The van der Waals surface area contributed by atoms with Gasteiger partial charge in [0.25, 0.3) is 0 Å². The number of aliphatic hydroxyl groups excluding tert-OH is 1. The number of alkyl carbamates (subject to hydrolysis) is 1. The highest BCUT2D eigenvalue weighted by Gasteiger charge is 2.34. The Hall–Kier alpha value is -3.54. The van der Waals surface area contributed by atoms with Crippen molar-refractivity contribution in [2.24, 2.45) is 0 Å². The first-order valence-corrected chi connectivity index (χ1v) is 12.3. The molecule has 2 heterocycles. The third-order valence-electron chi connectivity index (χ3n) is 6.15. The van der Waals surface area contributed by atoms with E-state index in [1.807, 2.05) is 25.7 Å². The molecule has 3 atom stereocenters. The van der Waals surface area contributed by atoms with Gasteiger partial charge in [0.05, 0.1) is 30.1 Å². The Bertz CT molecular complexity index is 1050. The van der Waals surface area contributed by atoms with Crippen molar-refractivity contribution < 1.29 is 38.1 Å². The summed E-state index contributed by atoms with van der Waals surface area (Å²) >= 11 is 0. The average molecular weight is 521 g/mol. The zero-order valence-corrected chi connectivity index (χ0v) is 21.2. The first kappa shape index (κ1) is 26.5. The highest BCUT2D eigenvalue weighted by Crippen LogP contribution is 2.29. The topological polar surface area (TPSA) is 121 Å². The van der Waals surface area contributed by atoms with Crippen LogP contribution in [0, 0.1) is 5.82 Å². The number of halogens is 1. The van der Waals surface area contributed by atoms with Gasteiger partial charge in [0.15, 0.2) is 6.10 Å². The molecule has 12 heteroatoms. The van der Waals surface area contributed by atoms with Gasteiger partial charge in [-0.3, -0.25) is 4.90 Å². The van der Waals surface area contributed by atoms with Gasteiger partial charge in [0.2, 0.25) is 0 Å². The lowest BCUT2D eigenvalue weighted by Crippen LogP contribution is -2.50. The molecule has 2 aliphatic heterocycles. The Balaban J connectivity index is 1.27. The van der Waals surface area contributed by atoms with Crippen molar-refractivity contribution >= 4 is 29.7 Å². The van der Waals surface area contributed by atoms with E-state index in [-0.39, 0.29) is 25.3 Å². The van der Waals surface area contributed by atoms with E-state index < -0.39 is 35.8 Å². The molecule has 0 spiro atoms. The molecule has 37 heavy (non-hydrogen) atoms. The Kier molecular flexibility index (Phi) is 7.76. The lowest BCUT2D eigenvalue weighted by atomic mass is 10.2. The number of piperazine rings is 1. The maximum Gasteiger partial charge on any atom is 0.414 e. The van der Waals surface area contributed by atoms with Crippen LogP contribution in [-0.4, -0.2) is 91.5 Å². The minimum Gasteiger partial charge on any atom is -0.446 e. The highest BCUT2D eigenvalue weighted by atomic mass is 19.1. The second kappa shape index (κ2) is 10.8. The van der Waals surface area contributed by atoms with E-state index in [1.165, 1.54) is 11.0 Å². The molecular formula is C25H33FN4O7. The average Bonchev–Trinajstić information content (AvgIpc) is 3.41. The van der Waals surface area contributed by atoms with Gasteiger partial charge in [-0.1, -0.05) is 12.2 Å². The zero-order chi connectivity index (χ0) is 26.7. The molecule has 0 radical (unpaired) electrons. The molecular weight excluding hydrogens is 487 g/mol. The summed E-state index contributed by atoms with van der Waals surface area (Å²) in [5.74, 6) is -0.498. The van der Waals surface area contributed by atoms with Gasteiger partial charge in [0, 0.05) is 32.6 Å². The molecule has 0 bridgehead atoms. The summed E-state index contributed by atoms with van der Waals surface area (Å²) < 4.78 is 30.8. The molecule has 2 N–H and O–H groups in total. The quantitative estimate of drug-likeness (QED) is 0.449. The number of benzene rings is 1. The van der Waals surface area contributed by atoms with Crippen molar-refractivity contribution in [2.75, 3.05) is 49.1 Å². The molecule has 2 fully saturated rings. The second-order valence-corrected chi connectivity index (χ2v) is 10.2. The molecule has 1 aliphatic carbocycles. The van der Waals surface area contributed by atoms with Crippen LogP contribution in [0.15, 0.2) is 30.4 Å². The van der Waals surface area contributed by atoms with Crippen LogP contribution in [0.3, 0.4) is 0 Å². The lowest BCUT2D eigenvalue weighted by Gasteiger charge is -2.37. The Morgan fingerprint density at radius 2 is 1.92 bits per heavy atom. The van der Waals surface area contributed by atoms with E-state index in [0.29, 0.717) is 44.0 Å². The summed E-state index contributed by atoms with van der Waals surface area (Å²) in [4.78, 5) is 41.3. The van der Waals surface area contributed by atoms with E-state index in [0.717, 1.165) is 0 Å². The van der Waals surface area contributed by atoms with Crippen LogP contribution in [0.5, 0.6) is 0 Å². The number of hydrogen-bond acceptors (Lipinski definition) is 8. The van der Waals surface area contributed by atoms with Crippen molar-refractivity contribution in [2.45, 2.75) is 51.0 Å². The number of anilines is 2. The summed E-state index contributed by atoms with van der Waals surface area (Å²) in [5, 5.41) is 12.1. The van der Waals surface area contributed by atoms with Crippen LogP contribution in [0.2, 0.25) is 0 Å². The Labute approximate surface area is 214 Å². The fourth-order valence-electron chi connectivity index (χ4n) is 4.34. The molecule has 3 amide bonds. The van der Waals surface area contributed by atoms with Crippen molar-refractivity contribution in [3.8, 4) is 0 Å². The monoisotopic (exact) mass is 520 g/mol. The van der Waals surface area contributed by atoms with Crippen molar-refractivity contribution in [3.63, 3.8) is 0 Å². The molecule has 2 saturated heterocycles. The maximum atomic E-state index is 15.0. The highest BCUT2D eigenvalue weighted by molar-refractivity contribution is 5.90. The summed E-state index contributed by atoms with van der Waals surface area (Å²) in [6, 6.07) is 4.19. The van der Waals surface area contributed by atoms with Crippen LogP contribution >= 0.6 is 0 Å². The number of amides is 3. The number of carbonyl (C=O) groups is 3. The summed E-state index contributed by atoms with van der Waals surface area (Å²) in [6.07, 6.45) is 0.630. The molecule has 202 valence electrons. The maximum absolute atomic E-state index is 15.0. The van der Waals surface area contributed by atoms with Gasteiger partial charge in [-0.05, 0) is 39.0 Å². The Morgan fingerprint density at radius 1 is 1.19 bits per heavy atom. The lowest BCUT2D eigenvalue weighted by molar-refractivity contribution is 0.0240. The SMILES string of the molecule is CC(C)(C)OC(=O)N1CCN(c2ccc(N3C[C@H](COC(=O)N[C@H]4C=C[C@@H](O)C4)OC3=O)cc2F)CC1. The van der Waals surface area contributed by atoms with Gasteiger partial charge in [-0.25, -0.2) is 18.8 Å². The van der Waals surface area contributed by atoms with Gasteiger partial charge in [0.1, 0.15) is 18.0 Å². The summed E-state index contributed by atoms with van der Waals surface area (Å²) in [7, 11) is 0. The molecule has 4 rings (SSSR count). The number of carbonyl (C=O) groups excluding carboxylic acids is 3. The number of rotatable bonds is 5. The second-order valence-electron chi connectivity index (χ2n) is 10.2. The minimum atomic E-state index is -0.702. The van der Waals surface area contributed by atoms with Crippen LogP contribution in [0.1, 0.15) is 27.2 Å². The number of aliphatic hydroxyl groups is 1. The first-order valence-electron chi connectivity index (χ1n) is 12.3. The van der Waals surface area contributed by atoms with Crippen LogP contribution < -0.4 is 15.1 Å². The van der Waals surface area contributed by atoms with E-state index in [4.69, 9.17) is 14.2 Å². The minimum absolute atomic E-state index is 0.0987. The normalized spacial score (nSPS) is 23.8. The fourth-order valence-corrected chi connectivity index (χ4v) is 4.34. The molecule has 3 aliphatic rings. The molecule has 11 nitrogen and oxygen atoms in total. The first-order chi connectivity index (χ1) is 17.5. The van der Waals surface area contributed by atoms with Crippen LogP contribution in [0.25, 0.3) is 0 Å². The number of hydrogen-bond donors (Lipinski definition) is 2. The third kappa shape index (κ3) is 6.82. The Morgan fingerprint density at radius 3 is 2.54 bits per heavy atom. The molecule has 0 saturated carbocycles. The summed E-state index contributed by atoms with van der Waals surface area (Å²) in [6.45, 7) is 7.06. The number of nitrogens with one attached hydrogen (secondary N) is 1. The van der Waals surface area contributed by atoms with E-state index in [9.17, 15) is 19.5 Å². The molecule has 1 aromatic carbocycles. The number of ether oxygens (including phenoxy) is 3. The standard InChI is InChI=1S/C25H33FN4O7/c1-25(2,3)37-23(33)29-10-8-28(9-11-29)21-7-5-17(13-20(21)26)30-14-19(36-24(30)34)15-35-22(32)27-16-4-6-18(31)12-16/h4-7,13,16,18-19,31H,8-12,14-15H2,1-3H3,(H,27,32)/t16-,18+,19+/m0/s1. The number of cyclic esters (lactones) is 1. The predicted octanol–water partition coefficient (Wildman–Crippen LogP) is 2.62. The van der Waals surface area contributed by atoms with Crippen LogP contribution in [-0.2, 0) is 14.2 Å². The van der Waals surface area contributed by atoms with E-state index in [1.54, 1.807) is 29.2 Å². The zero-order valence-electron chi connectivity index (χ0n) is 21.2. The van der Waals surface area contributed by atoms with Crippen molar-refractivity contribution in [1.82, 2.24) is 10.2 Å². The van der Waals surface area contributed by atoms with Crippen molar-refractivity contribution in [1.29, 1.82) is 0 Å². The van der Waals surface area contributed by atoms with E-state index >= 15 is 4.39 Å². The smallest absolute Gasteiger partial charge is 0.414 e. The van der Waals surface area contributed by atoms with Gasteiger partial charge in [-0.15, -0.1) is 0 Å². The summed E-state index contributed by atoms with van der Waals surface area (Å²) in [5.41, 5.74) is 0.126. The van der Waals surface area contributed by atoms with Gasteiger partial charge < -0.3 is 34.4 Å². The van der Waals surface area contributed by atoms with Gasteiger partial charge in [-0.2, -0.15) is 0 Å². The molecule has 0 aromatic heterocycles. The largest absolute Gasteiger partial charge is 0.446 e. The molecule has 1 aromatic rings. The van der Waals surface area contributed by atoms with Crippen molar-refractivity contribution in [3.05, 3.63) is 36.2 Å². The number of nitrogens with zero attached hydrogens (tertiary/aromatic N) is 3.